The average Bonchev–Trinajstić information content (AvgIpc) is 2.29. The molecule has 0 aromatic heterocycles. The number of rotatable bonds is 5. The Morgan fingerprint density at radius 2 is 1.94 bits per heavy atom. The van der Waals surface area contributed by atoms with Crippen LogP contribution < -0.4 is 10.0 Å². The number of carbonyl (C=O) groups is 1. The van der Waals surface area contributed by atoms with Crippen molar-refractivity contribution in [1.82, 2.24) is 14.3 Å². The summed E-state index contributed by atoms with van der Waals surface area (Å²) in [5.41, 5.74) is 0. The molecule has 0 saturated carbocycles. The maximum absolute atomic E-state index is 11.8. The van der Waals surface area contributed by atoms with E-state index in [0.29, 0.717) is 19.1 Å². The zero-order valence-electron chi connectivity index (χ0n) is 10.8. The minimum Gasteiger partial charge on any atom is -0.449 e. The molecule has 0 radical (unpaired) electrons. The Kier molecular flexibility index (Phi) is 5.83. The molecule has 1 rings (SSSR count). The summed E-state index contributed by atoms with van der Waals surface area (Å²) in [6.07, 6.45) is 0.570. The molecule has 18 heavy (non-hydrogen) atoms. The topological polar surface area (TPSA) is 87.7 Å². The molecule has 0 bridgehead atoms. The van der Waals surface area contributed by atoms with Crippen LogP contribution in [0, 0.1) is 0 Å². The van der Waals surface area contributed by atoms with Gasteiger partial charge >= 0.3 is 16.3 Å². The second kappa shape index (κ2) is 6.91. The highest BCUT2D eigenvalue weighted by Gasteiger charge is 2.29. The molecule has 1 fully saturated rings. The van der Waals surface area contributed by atoms with Crippen LogP contribution in [-0.2, 0) is 14.9 Å². The Morgan fingerprint density at radius 1 is 1.33 bits per heavy atom. The highest BCUT2D eigenvalue weighted by molar-refractivity contribution is 7.87. The summed E-state index contributed by atoms with van der Waals surface area (Å²) in [5.74, 6) is 0. The van der Waals surface area contributed by atoms with Gasteiger partial charge in [-0.15, -0.1) is 0 Å². The van der Waals surface area contributed by atoms with Crippen molar-refractivity contribution in [3.05, 3.63) is 0 Å². The lowest BCUT2D eigenvalue weighted by Gasteiger charge is -2.31. The summed E-state index contributed by atoms with van der Waals surface area (Å²) in [4.78, 5) is 11.1. The second-order valence-electron chi connectivity index (χ2n) is 4.06. The third-order valence-corrected chi connectivity index (χ3v) is 4.24. The monoisotopic (exact) mass is 279 g/mol. The molecule has 0 aromatic rings. The van der Waals surface area contributed by atoms with Gasteiger partial charge in [0, 0.05) is 19.1 Å². The summed E-state index contributed by atoms with van der Waals surface area (Å²) >= 11 is 0. The number of hydrogen-bond donors (Lipinski definition) is 2. The zero-order chi connectivity index (χ0) is 13.6. The molecular weight excluding hydrogens is 258 g/mol. The molecular formula is C10H21N3O4S. The first-order valence-electron chi connectivity index (χ1n) is 6.17. The molecule has 1 saturated heterocycles. The molecule has 1 aliphatic rings. The summed E-state index contributed by atoms with van der Waals surface area (Å²) in [5, 5.41) is 3.28. The summed E-state index contributed by atoms with van der Waals surface area (Å²) < 4.78 is 31.4. The lowest BCUT2D eigenvalue weighted by atomic mass is 10.1. The SMILES string of the molecule is CCNC1CCN(S(=O)(=O)NC(=O)OCC)CC1. The van der Waals surface area contributed by atoms with Crippen LogP contribution in [0.4, 0.5) is 4.79 Å². The Labute approximate surface area is 108 Å². The van der Waals surface area contributed by atoms with Crippen LogP contribution in [0.2, 0.25) is 0 Å². The van der Waals surface area contributed by atoms with Crippen molar-refractivity contribution in [3.63, 3.8) is 0 Å². The number of hydrogen-bond acceptors (Lipinski definition) is 5. The highest BCUT2D eigenvalue weighted by atomic mass is 32.2. The van der Waals surface area contributed by atoms with E-state index in [4.69, 9.17) is 0 Å². The van der Waals surface area contributed by atoms with Crippen LogP contribution >= 0.6 is 0 Å². The van der Waals surface area contributed by atoms with Gasteiger partial charge in [0.05, 0.1) is 6.61 Å². The molecule has 1 heterocycles. The largest absolute Gasteiger partial charge is 0.449 e. The lowest BCUT2D eigenvalue weighted by Crippen LogP contribution is -2.50. The summed E-state index contributed by atoms with van der Waals surface area (Å²) in [6.45, 7) is 5.47. The number of amides is 1. The summed E-state index contributed by atoms with van der Waals surface area (Å²) in [6, 6.07) is 0.351. The van der Waals surface area contributed by atoms with Gasteiger partial charge in [-0.05, 0) is 26.3 Å². The maximum atomic E-state index is 11.8. The first kappa shape index (κ1) is 15.2. The Balaban J connectivity index is 2.47. The minimum atomic E-state index is -3.76. The Bertz CT molecular complexity index is 363. The molecule has 0 unspecified atom stereocenters. The third kappa shape index (κ3) is 4.43. The lowest BCUT2D eigenvalue weighted by molar-refractivity contribution is 0.157. The third-order valence-electron chi connectivity index (χ3n) is 2.77. The van der Waals surface area contributed by atoms with Crippen LogP contribution in [0.15, 0.2) is 0 Å². The number of nitrogens with one attached hydrogen (secondary N) is 2. The van der Waals surface area contributed by atoms with E-state index in [0.717, 1.165) is 19.4 Å². The minimum absolute atomic E-state index is 0.143. The van der Waals surface area contributed by atoms with E-state index >= 15 is 0 Å². The van der Waals surface area contributed by atoms with Crippen LogP contribution in [0.1, 0.15) is 26.7 Å². The predicted molar refractivity (Wildman–Crippen MR) is 67.3 cm³/mol. The number of piperidine rings is 1. The standard InChI is InChI=1S/C10H21N3O4S/c1-3-11-9-5-7-13(8-6-9)18(15,16)12-10(14)17-4-2/h9,11H,3-8H2,1-2H3,(H,12,14). The van der Waals surface area contributed by atoms with Crippen molar-refractivity contribution >= 4 is 16.3 Å². The van der Waals surface area contributed by atoms with Crippen molar-refractivity contribution in [2.24, 2.45) is 0 Å². The fourth-order valence-corrected chi connectivity index (χ4v) is 3.01. The van der Waals surface area contributed by atoms with Crippen molar-refractivity contribution in [2.75, 3.05) is 26.2 Å². The van der Waals surface area contributed by atoms with E-state index in [1.807, 2.05) is 11.6 Å². The molecule has 2 N–H and O–H groups in total. The number of ether oxygens (including phenoxy) is 1. The Hall–Kier alpha value is -0.860. The molecule has 1 amide bonds. The van der Waals surface area contributed by atoms with E-state index in [-0.39, 0.29) is 6.61 Å². The molecule has 8 heteroatoms. The highest BCUT2D eigenvalue weighted by Crippen LogP contribution is 2.13. The molecule has 0 atom stereocenters. The van der Waals surface area contributed by atoms with Gasteiger partial charge in [0.25, 0.3) is 0 Å². The predicted octanol–water partition coefficient (Wildman–Crippen LogP) is 0.0512. The van der Waals surface area contributed by atoms with Crippen LogP contribution in [0.25, 0.3) is 0 Å². The van der Waals surface area contributed by atoms with Gasteiger partial charge in [-0.1, -0.05) is 6.92 Å². The molecule has 0 aromatic carbocycles. The van der Waals surface area contributed by atoms with Crippen LogP contribution in [0.3, 0.4) is 0 Å². The van der Waals surface area contributed by atoms with Gasteiger partial charge in [-0.25, -0.2) is 9.52 Å². The van der Waals surface area contributed by atoms with Crippen molar-refractivity contribution < 1.29 is 17.9 Å². The second-order valence-corrected chi connectivity index (χ2v) is 5.73. The van der Waals surface area contributed by atoms with Gasteiger partial charge < -0.3 is 10.1 Å². The van der Waals surface area contributed by atoms with Gasteiger partial charge in [-0.3, -0.25) is 0 Å². The average molecular weight is 279 g/mol. The zero-order valence-corrected chi connectivity index (χ0v) is 11.6. The van der Waals surface area contributed by atoms with E-state index in [9.17, 15) is 13.2 Å². The van der Waals surface area contributed by atoms with Gasteiger partial charge in [0.1, 0.15) is 0 Å². The van der Waals surface area contributed by atoms with E-state index < -0.39 is 16.3 Å². The maximum Gasteiger partial charge on any atom is 0.421 e. The normalized spacial score (nSPS) is 18.6. The fraction of sp³-hybridized carbons (Fsp3) is 0.900. The van der Waals surface area contributed by atoms with Crippen LogP contribution in [-0.4, -0.2) is 51.1 Å². The Morgan fingerprint density at radius 3 is 2.44 bits per heavy atom. The van der Waals surface area contributed by atoms with Gasteiger partial charge in [0.15, 0.2) is 0 Å². The number of nitrogens with zero attached hydrogens (tertiary/aromatic N) is 1. The van der Waals surface area contributed by atoms with E-state index in [1.54, 1.807) is 6.92 Å². The molecule has 106 valence electrons. The van der Waals surface area contributed by atoms with Crippen LogP contribution in [0.5, 0.6) is 0 Å². The number of carbonyl (C=O) groups excluding carboxylic acids is 1. The fourth-order valence-electron chi connectivity index (χ4n) is 1.92. The molecule has 0 aliphatic carbocycles. The quantitative estimate of drug-likeness (QED) is 0.742. The van der Waals surface area contributed by atoms with E-state index in [2.05, 4.69) is 10.1 Å². The molecule has 7 nitrogen and oxygen atoms in total. The first-order valence-corrected chi connectivity index (χ1v) is 7.61. The van der Waals surface area contributed by atoms with Gasteiger partial charge in [0.2, 0.25) is 0 Å². The van der Waals surface area contributed by atoms with Crippen molar-refractivity contribution in [3.8, 4) is 0 Å². The van der Waals surface area contributed by atoms with Crippen molar-refractivity contribution in [1.29, 1.82) is 0 Å². The molecule has 0 spiro atoms. The van der Waals surface area contributed by atoms with E-state index in [1.165, 1.54) is 4.31 Å². The van der Waals surface area contributed by atoms with Crippen molar-refractivity contribution in [2.45, 2.75) is 32.7 Å². The summed E-state index contributed by atoms with van der Waals surface area (Å²) in [7, 11) is -3.76. The smallest absolute Gasteiger partial charge is 0.421 e. The first-order chi connectivity index (χ1) is 8.49. The van der Waals surface area contributed by atoms with Gasteiger partial charge in [-0.2, -0.15) is 12.7 Å². The molecule has 1 aliphatic heterocycles.